The van der Waals surface area contributed by atoms with E-state index >= 15 is 0 Å². The van der Waals surface area contributed by atoms with Crippen LogP contribution in [0, 0.1) is 0 Å². The van der Waals surface area contributed by atoms with Crippen LogP contribution < -0.4 is 5.32 Å². The molecule has 0 amide bonds. The number of ketones is 1. The zero-order chi connectivity index (χ0) is 20.1. The Kier molecular flexibility index (Phi) is 6.62. The van der Waals surface area contributed by atoms with Gasteiger partial charge in [-0.3, -0.25) is 4.79 Å². The minimum atomic E-state index is -0.140. The van der Waals surface area contributed by atoms with E-state index in [1.165, 1.54) is 0 Å². The zero-order valence-corrected chi connectivity index (χ0v) is 17.1. The summed E-state index contributed by atoms with van der Waals surface area (Å²) in [6.07, 6.45) is 1.83. The molecule has 0 unspecified atom stereocenters. The first-order valence-corrected chi connectivity index (χ1v) is 9.48. The van der Waals surface area contributed by atoms with Gasteiger partial charge in [-0.15, -0.1) is 0 Å². The molecule has 0 fully saturated rings. The van der Waals surface area contributed by atoms with Crippen molar-refractivity contribution in [3.8, 4) is 0 Å². The molecule has 1 aromatic carbocycles. The fourth-order valence-corrected chi connectivity index (χ4v) is 3.39. The normalized spacial score (nSPS) is 10.9. The van der Waals surface area contributed by atoms with Crippen LogP contribution >= 0.6 is 23.2 Å². The van der Waals surface area contributed by atoms with Crippen LogP contribution in [0.3, 0.4) is 0 Å². The summed E-state index contributed by atoms with van der Waals surface area (Å²) >= 11 is 12.3. The monoisotopic (exact) mass is 414 g/mol. The van der Waals surface area contributed by atoms with Gasteiger partial charge in [-0.25, -0.2) is 9.97 Å². The third-order valence-electron chi connectivity index (χ3n) is 3.97. The molecule has 0 saturated carbocycles. The number of rotatable bonds is 7. The highest BCUT2D eigenvalue weighted by Gasteiger charge is 2.15. The third kappa shape index (κ3) is 5.29. The summed E-state index contributed by atoms with van der Waals surface area (Å²) in [5, 5.41) is 3.90. The molecule has 0 aliphatic carbocycles. The van der Waals surface area contributed by atoms with Crippen molar-refractivity contribution in [2.45, 2.75) is 13.0 Å². The Morgan fingerprint density at radius 1 is 1.04 bits per heavy atom. The van der Waals surface area contributed by atoms with E-state index in [-0.39, 0.29) is 12.2 Å². The number of carbonyl (C=O) groups is 1. The molecule has 7 heteroatoms. The van der Waals surface area contributed by atoms with Crippen LogP contribution in [0.1, 0.15) is 21.6 Å². The molecule has 0 bridgehead atoms. The molecular formula is C21H20Cl2N4O. The van der Waals surface area contributed by atoms with Gasteiger partial charge in [-0.05, 0) is 56.1 Å². The number of aromatic nitrogens is 2. The second-order valence-electron chi connectivity index (χ2n) is 6.62. The summed E-state index contributed by atoms with van der Waals surface area (Å²) in [6, 6.07) is 14.4. The molecule has 0 aliphatic rings. The molecular weight excluding hydrogens is 395 g/mol. The van der Waals surface area contributed by atoms with Crippen LogP contribution in [0.15, 0.2) is 54.7 Å². The van der Waals surface area contributed by atoms with E-state index in [9.17, 15) is 4.79 Å². The van der Waals surface area contributed by atoms with Gasteiger partial charge in [-0.1, -0.05) is 35.3 Å². The number of carbonyl (C=O) groups excluding carboxylic acids is 1. The maximum atomic E-state index is 12.6. The summed E-state index contributed by atoms with van der Waals surface area (Å²) in [4.78, 5) is 23.6. The van der Waals surface area contributed by atoms with Crippen molar-refractivity contribution < 1.29 is 4.79 Å². The van der Waals surface area contributed by atoms with Gasteiger partial charge >= 0.3 is 0 Å². The second kappa shape index (κ2) is 9.15. The van der Waals surface area contributed by atoms with E-state index in [1.54, 1.807) is 30.5 Å². The predicted molar refractivity (Wildman–Crippen MR) is 114 cm³/mol. The molecule has 144 valence electrons. The van der Waals surface area contributed by atoms with Crippen LogP contribution in [0.2, 0.25) is 10.0 Å². The van der Waals surface area contributed by atoms with E-state index < -0.39 is 0 Å². The second-order valence-corrected chi connectivity index (χ2v) is 7.44. The van der Waals surface area contributed by atoms with Gasteiger partial charge in [0.05, 0.1) is 21.3 Å². The summed E-state index contributed by atoms with van der Waals surface area (Å²) < 4.78 is 0. The molecule has 5 nitrogen and oxygen atoms in total. The molecule has 0 aliphatic heterocycles. The summed E-state index contributed by atoms with van der Waals surface area (Å²) in [7, 11) is 3.99. The average molecular weight is 415 g/mol. The molecule has 2 heterocycles. The number of nitrogens with zero attached hydrogens (tertiary/aromatic N) is 3. The van der Waals surface area contributed by atoms with Crippen molar-refractivity contribution in [1.82, 2.24) is 14.9 Å². The number of anilines is 2. The van der Waals surface area contributed by atoms with Crippen molar-refractivity contribution in [2.24, 2.45) is 0 Å². The number of hydrogen-bond donors (Lipinski definition) is 1. The molecule has 3 rings (SSSR count). The van der Waals surface area contributed by atoms with Gasteiger partial charge in [0.25, 0.3) is 0 Å². The van der Waals surface area contributed by atoms with E-state index in [4.69, 9.17) is 23.2 Å². The largest absolute Gasteiger partial charge is 0.325 e. The van der Waals surface area contributed by atoms with Crippen molar-refractivity contribution >= 4 is 40.6 Å². The summed E-state index contributed by atoms with van der Waals surface area (Å²) in [5.41, 5.74) is 2.10. The predicted octanol–water partition coefficient (Wildman–Crippen LogP) is 5.01. The molecule has 0 spiro atoms. The lowest BCUT2D eigenvalue weighted by atomic mass is 10.0. The average Bonchev–Trinajstić information content (AvgIpc) is 2.61. The lowest BCUT2D eigenvalue weighted by Gasteiger charge is -2.11. The van der Waals surface area contributed by atoms with Gasteiger partial charge in [-0.2, -0.15) is 0 Å². The Morgan fingerprint density at radius 2 is 1.75 bits per heavy atom. The van der Waals surface area contributed by atoms with Crippen LogP contribution in [-0.2, 0) is 13.0 Å². The Balaban J connectivity index is 1.75. The van der Waals surface area contributed by atoms with Gasteiger partial charge in [0, 0.05) is 19.2 Å². The number of nitrogens with one attached hydrogen (secondary N) is 1. The fraction of sp³-hybridized carbons (Fsp3) is 0.190. The molecule has 1 N–H and O–H groups in total. The lowest BCUT2D eigenvalue weighted by Crippen LogP contribution is -2.12. The fourth-order valence-electron chi connectivity index (χ4n) is 2.78. The first-order chi connectivity index (χ1) is 13.4. The Bertz CT molecular complexity index is 971. The molecule has 2 aromatic heterocycles. The van der Waals surface area contributed by atoms with Crippen LogP contribution in [0.25, 0.3) is 0 Å². The van der Waals surface area contributed by atoms with Crippen molar-refractivity contribution in [2.75, 3.05) is 19.4 Å². The highest BCUT2D eigenvalue weighted by atomic mass is 35.5. The topological polar surface area (TPSA) is 58.1 Å². The molecule has 0 atom stereocenters. The standard InChI is InChI=1S/C21H20Cl2N4O/c1-27(2)13-15-5-3-8-19(25-15)26-20-12-14(9-10-24-20)11-18(28)21-16(22)6-4-7-17(21)23/h3-10,12H,11,13H2,1-2H3,(H,24,25,26). The highest BCUT2D eigenvalue weighted by Crippen LogP contribution is 2.26. The molecule has 28 heavy (non-hydrogen) atoms. The summed E-state index contributed by atoms with van der Waals surface area (Å²) in [5.74, 6) is 1.17. The number of halogens is 2. The minimum Gasteiger partial charge on any atom is -0.325 e. The Morgan fingerprint density at radius 3 is 2.46 bits per heavy atom. The molecule has 0 radical (unpaired) electrons. The Hall–Kier alpha value is -2.47. The number of benzene rings is 1. The molecule has 0 saturated heterocycles. The highest BCUT2D eigenvalue weighted by molar-refractivity contribution is 6.39. The third-order valence-corrected chi connectivity index (χ3v) is 4.60. The van der Waals surface area contributed by atoms with Crippen molar-refractivity contribution in [3.05, 3.63) is 81.6 Å². The van der Waals surface area contributed by atoms with Gasteiger partial charge in [0.15, 0.2) is 5.78 Å². The lowest BCUT2D eigenvalue weighted by molar-refractivity contribution is 0.0993. The maximum Gasteiger partial charge on any atom is 0.170 e. The number of hydrogen-bond acceptors (Lipinski definition) is 5. The smallest absolute Gasteiger partial charge is 0.170 e. The number of Topliss-reactive ketones (excluding diaryl/α,β-unsaturated/α-hetero) is 1. The van der Waals surface area contributed by atoms with Gasteiger partial charge in [0.1, 0.15) is 11.6 Å². The molecule has 3 aromatic rings. The van der Waals surface area contributed by atoms with E-state index in [0.29, 0.717) is 27.2 Å². The SMILES string of the molecule is CN(C)Cc1cccc(Nc2cc(CC(=O)c3c(Cl)cccc3Cl)ccn2)n1. The van der Waals surface area contributed by atoms with Crippen molar-refractivity contribution in [3.63, 3.8) is 0 Å². The van der Waals surface area contributed by atoms with E-state index in [2.05, 4.69) is 20.2 Å². The van der Waals surface area contributed by atoms with Gasteiger partial charge < -0.3 is 10.2 Å². The quantitative estimate of drug-likeness (QED) is 0.550. The van der Waals surface area contributed by atoms with Crippen LogP contribution in [-0.4, -0.2) is 34.7 Å². The number of pyridine rings is 2. The zero-order valence-electron chi connectivity index (χ0n) is 15.6. The minimum absolute atomic E-state index is 0.140. The van der Waals surface area contributed by atoms with Gasteiger partial charge in [0.2, 0.25) is 0 Å². The summed E-state index contributed by atoms with van der Waals surface area (Å²) in [6.45, 7) is 0.746. The van der Waals surface area contributed by atoms with Crippen LogP contribution in [0.4, 0.5) is 11.6 Å². The van der Waals surface area contributed by atoms with Crippen molar-refractivity contribution in [1.29, 1.82) is 0 Å². The maximum absolute atomic E-state index is 12.6. The van der Waals surface area contributed by atoms with E-state index in [1.807, 2.05) is 38.4 Å². The first-order valence-electron chi connectivity index (χ1n) is 8.72. The Labute approximate surface area is 174 Å². The van der Waals surface area contributed by atoms with Crippen LogP contribution in [0.5, 0.6) is 0 Å². The first kappa shape index (κ1) is 20.3. The van der Waals surface area contributed by atoms with E-state index in [0.717, 1.165) is 17.8 Å².